The fourth-order valence-corrected chi connectivity index (χ4v) is 3.44. The van der Waals surface area contributed by atoms with Crippen LogP contribution in [-0.2, 0) is 0 Å². The molecule has 2 heterocycles. The highest BCUT2D eigenvalue weighted by Crippen LogP contribution is 2.31. The first-order valence-corrected chi connectivity index (χ1v) is 7.98. The van der Waals surface area contributed by atoms with Gasteiger partial charge in [-0.3, -0.25) is 9.88 Å². The smallest absolute Gasteiger partial charge is 0.0702 e. The molecule has 1 aliphatic rings. The van der Waals surface area contributed by atoms with Crippen LogP contribution < -0.4 is 5.73 Å². The van der Waals surface area contributed by atoms with E-state index in [0.29, 0.717) is 12.6 Å². The summed E-state index contributed by atoms with van der Waals surface area (Å²) in [6.07, 6.45) is 3.14. The molecule has 1 fully saturated rings. The van der Waals surface area contributed by atoms with Crippen LogP contribution in [0.4, 0.5) is 0 Å². The molecule has 1 aromatic carbocycles. The van der Waals surface area contributed by atoms with Crippen molar-refractivity contribution in [2.24, 2.45) is 17.6 Å². The van der Waals surface area contributed by atoms with Gasteiger partial charge in [-0.25, -0.2) is 0 Å². The Labute approximate surface area is 127 Å². The lowest BCUT2D eigenvalue weighted by Crippen LogP contribution is -2.32. The van der Waals surface area contributed by atoms with Crippen LogP contribution >= 0.6 is 0 Å². The number of fused-ring (bicyclic) bond motifs is 1. The Kier molecular flexibility index (Phi) is 4.22. The van der Waals surface area contributed by atoms with Gasteiger partial charge in [0.2, 0.25) is 0 Å². The molecule has 2 aromatic rings. The summed E-state index contributed by atoms with van der Waals surface area (Å²) >= 11 is 0. The first-order chi connectivity index (χ1) is 10.2. The molecule has 0 saturated carbocycles. The lowest BCUT2D eigenvalue weighted by molar-refractivity contribution is 0.232. The van der Waals surface area contributed by atoms with Gasteiger partial charge < -0.3 is 5.73 Å². The highest BCUT2D eigenvalue weighted by Gasteiger charge is 2.29. The summed E-state index contributed by atoms with van der Waals surface area (Å²) < 4.78 is 0. The minimum atomic E-state index is 0.332. The van der Waals surface area contributed by atoms with Crippen molar-refractivity contribution < 1.29 is 0 Å². The maximum Gasteiger partial charge on any atom is 0.0702 e. The van der Waals surface area contributed by atoms with Crippen molar-refractivity contribution in [3.8, 4) is 0 Å². The average molecular weight is 283 g/mol. The van der Waals surface area contributed by atoms with Gasteiger partial charge in [-0.05, 0) is 48.6 Å². The Morgan fingerprint density at radius 1 is 1.33 bits per heavy atom. The lowest BCUT2D eigenvalue weighted by Gasteiger charge is -2.28. The molecule has 0 radical (unpaired) electrons. The van der Waals surface area contributed by atoms with Crippen molar-refractivity contribution in [3.63, 3.8) is 0 Å². The van der Waals surface area contributed by atoms with E-state index in [0.717, 1.165) is 23.9 Å². The van der Waals surface area contributed by atoms with Crippen molar-refractivity contribution in [1.29, 1.82) is 0 Å². The molecule has 1 aromatic heterocycles. The molecular formula is C18H25N3. The molecular weight excluding hydrogens is 258 g/mol. The molecule has 0 amide bonds. The van der Waals surface area contributed by atoms with Crippen molar-refractivity contribution in [1.82, 2.24) is 9.88 Å². The summed E-state index contributed by atoms with van der Waals surface area (Å²) in [6, 6.07) is 11.0. The Bertz CT molecular complexity index is 608. The predicted octanol–water partition coefficient (Wildman–Crippen LogP) is 3.21. The van der Waals surface area contributed by atoms with E-state index in [1.807, 2.05) is 12.3 Å². The van der Waals surface area contributed by atoms with Gasteiger partial charge >= 0.3 is 0 Å². The highest BCUT2D eigenvalue weighted by atomic mass is 15.2. The van der Waals surface area contributed by atoms with Crippen LogP contribution in [0.1, 0.15) is 31.9 Å². The topological polar surface area (TPSA) is 42.1 Å². The standard InChI is InChI=1S/C18H25N3/c1-13(2)16-7-9-21(12-16)18(11-19)15-5-6-17-14(10-15)4-3-8-20-17/h3-6,8,10,13,16,18H,7,9,11-12,19H2,1-2H3. The second-order valence-corrected chi connectivity index (χ2v) is 6.49. The SMILES string of the molecule is CC(C)C1CCN(C(CN)c2ccc3ncccc3c2)C1. The molecule has 21 heavy (non-hydrogen) atoms. The zero-order valence-corrected chi connectivity index (χ0v) is 13.0. The summed E-state index contributed by atoms with van der Waals surface area (Å²) in [5.74, 6) is 1.57. The van der Waals surface area contributed by atoms with E-state index in [2.05, 4.69) is 48.0 Å². The first kappa shape index (κ1) is 14.5. The van der Waals surface area contributed by atoms with Gasteiger partial charge in [-0.15, -0.1) is 0 Å². The van der Waals surface area contributed by atoms with Crippen molar-refractivity contribution in [2.45, 2.75) is 26.3 Å². The Hall–Kier alpha value is -1.45. The Morgan fingerprint density at radius 3 is 2.90 bits per heavy atom. The second-order valence-electron chi connectivity index (χ2n) is 6.49. The number of aromatic nitrogens is 1. The van der Waals surface area contributed by atoms with E-state index >= 15 is 0 Å². The number of hydrogen-bond donors (Lipinski definition) is 1. The average Bonchev–Trinajstić information content (AvgIpc) is 2.98. The number of nitrogens with two attached hydrogens (primary N) is 1. The number of nitrogens with zero attached hydrogens (tertiary/aromatic N) is 2. The number of likely N-dealkylation sites (tertiary alicyclic amines) is 1. The van der Waals surface area contributed by atoms with E-state index < -0.39 is 0 Å². The van der Waals surface area contributed by atoms with Gasteiger partial charge in [-0.2, -0.15) is 0 Å². The molecule has 0 bridgehead atoms. The van der Waals surface area contributed by atoms with Crippen LogP contribution in [0.5, 0.6) is 0 Å². The third kappa shape index (κ3) is 2.94. The van der Waals surface area contributed by atoms with Crippen LogP contribution in [0.15, 0.2) is 36.5 Å². The molecule has 112 valence electrons. The molecule has 3 heteroatoms. The zero-order valence-electron chi connectivity index (χ0n) is 13.0. The fraction of sp³-hybridized carbons (Fsp3) is 0.500. The minimum Gasteiger partial charge on any atom is -0.329 e. The van der Waals surface area contributed by atoms with E-state index in [4.69, 9.17) is 5.73 Å². The first-order valence-electron chi connectivity index (χ1n) is 7.98. The van der Waals surface area contributed by atoms with Gasteiger partial charge in [-0.1, -0.05) is 26.0 Å². The molecule has 2 atom stereocenters. The van der Waals surface area contributed by atoms with Gasteiger partial charge in [0.1, 0.15) is 0 Å². The fourth-order valence-electron chi connectivity index (χ4n) is 3.44. The minimum absolute atomic E-state index is 0.332. The quantitative estimate of drug-likeness (QED) is 0.937. The van der Waals surface area contributed by atoms with Gasteiger partial charge in [0.25, 0.3) is 0 Å². The van der Waals surface area contributed by atoms with Crippen molar-refractivity contribution in [3.05, 3.63) is 42.1 Å². The second kappa shape index (κ2) is 6.12. The molecule has 1 saturated heterocycles. The zero-order chi connectivity index (χ0) is 14.8. The maximum atomic E-state index is 6.09. The molecule has 1 aliphatic heterocycles. The number of hydrogen-bond acceptors (Lipinski definition) is 3. The molecule has 2 unspecified atom stereocenters. The van der Waals surface area contributed by atoms with Crippen LogP contribution in [-0.4, -0.2) is 29.5 Å². The summed E-state index contributed by atoms with van der Waals surface area (Å²) in [7, 11) is 0. The van der Waals surface area contributed by atoms with E-state index in [1.165, 1.54) is 23.9 Å². The molecule has 0 aliphatic carbocycles. The monoisotopic (exact) mass is 283 g/mol. The molecule has 3 rings (SSSR count). The predicted molar refractivity (Wildman–Crippen MR) is 88.1 cm³/mol. The van der Waals surface area contributed by atoms with Gasteiger partial charge in [0.05, 0.1) is 5.52 Å². The number of rotatable bonds is 4. The summed E-state index contributed by atoms with van der Waals surface area (Å²) in [5, 5.41) is 1.20. The third-order valence-electron chi connectivity index (χ3n) is 4.87. The van der Waals surface area contributed by atoms with E-state index in [-0.39, 0.29) is 0 Å². The summed E-state index contributed by atoms with van der Waals surface area (Å²) in [4.78, 5) is 6.95. The van der Waals surface area contributed by atoms with Gasteiger partial charge in [0, 0.05) is 30.7 Å². The largest absolute Gasteiger partial charge is 0.329 e. The lowest BCUT2D eigenvalue weighted by atomic mass is 9.95. The van der Waals surface area contributed by atoms with Crippen molar-refractivity contribution in [2.75, 3.05) is 19.6 Å². The summed E-state index contributed by atoms with van der Waals surface area (Å²) in [5.41, 5.74) is 8.47. The maximum absolute atomic E-state index is 6.09. The third-order valence-corrected chi connectivity index (χ3v) is 4.87. The number of pyridine rings is 1. The van der Waals surface area contributed by atoms with E-state index in [9.17, 15) is 0 Å². The van der Waals surface area contributed by atoms with Crippen LogP contribution in [0.3, 0.4) is 0 Å². The Balaban J connectivity index is 1.85. The highest BCUT2D eigenvalue weighted by molar-refractivity contribution is 5.79. The molecule has 3 nitrogen and oxygen atoms in total. The normalized spacial score (nSPS) is 21.2. The molecule has 2 N–H and O–H groups in total. The van der Waals surface area contributed by atoms with Crippen LogP contribution in [0, 0.1) is 11.8 Å². The van der Waals surface area contributed by atoms with Crippen LogP contribution in [0.2, 0.25) is 0 Å². The number of benzene rings is 1. The van der Waals surface area contributed by atoms with Crippen LogP contribution in [0.25, 0.3) is 10.9 Å². The summed E-state index contributed by atoms with van der Waals surface area (Å²) in [6.45, 7) is 7.66. The van der Waals surface area contributed by atoms with Gasteiger partial charge in [0.15, 0.2) is 0 Å². The van der Waals surface area contributed by atoms with Crippen molar-refractivity contribution >= 4 is 10.9 Å². The molecule has 0 spiro atoms. The Morgan fingerprint density at radius 2 is 2.19 bits per heavy atom. The van der Waals surface area contributed by atoms with E-state index in [1.54, 1.807) is 0 Å².